The lowest BCUT2D eigenvalue weighted by atomic mass is 10.0. The highest BCUT2D eigenvalue weighted by Gasteiger charge is 2.24. The Hall–Kier alpha value is -1.13. The van der Waals surface area contributed by atoms with Crippen molar-refractivity contribution in [1.82, 2.24) is 10.3 Å². The van der Waals surface area contributed by atoms with Crippen molar-refractivity contribution in [3.05, 3.63) is 23.4 Å². The molecule has 5 heteroatoms. The van der Waals surface area contributed by atoms with Crippen molar-refractivity contribution in [3.8, 4) is 0 Å². The van der Waals surface area contributed by atoms with Crippen LogP contribution in [-0.4, -0.2) is 24.0 Å². The van der Waals surface area contributed by atoms with E-state index in [1.807, 2.05) is 0 Å². The molecule has 74 valence electrons. The summed E-state index contributed by atoms with van der Waals surface area (Å²) >= 11 is 5.75. The van der Waals surface area contributed by atoms with Gasteiger partial charge in [-0.15, -0.1) is 0 Å². The maximum atomic E-state index is 11.5. The summed E-state index contributed by atoms with van der Waals surface area (Å²) in [6, 6.07) is 3.30. The Labute approximate surface area is 86.7 Å². The number of nitrogens with one attached hydrogen (secondary N) is 2. The fraction of sp³-hybridized carbons (Fsp3) is 0.333. The summed E-state index contributed by atoms with van der Waals surface area (Å²) in [6.45, 7) is 1.48. The molecule has 0 bridgehead atoms. The highest BCUT2D eigenvalue weighted by atomic mass is 35.5. The molecular weight excluding hydrogens is 202 g/mol. The van der Waals surface area contributed by atoms with Gasteiger partial charge in [0.15, 0.2) is 0 Å². The second-order valence-corrected chi connectivity index (χ2v) is 3.64. The van der Waals surface area contributed by atoms with E-state index in [4.69, 9.17) is 11.6 Å². The van der Waals surface area contributed by atoms with E-state index in [9.17, 15) is 4.79 Å². The molecule has 1 aromatic heterocycles. The zero-order chi connectivity index (χ0) is 9.97. The largest absolute Gasteiger partial charge is 0.315 e. The van der Waals surface area contributed by atoms with Crippen molar-refractivity contribution in [2.75, 3.05) is 18.4 Å². The summed E-state index contributed by atoms with van der Waals surface area (Å²) < 4.78 is 0. The van der Waals surface area contributed by atoms with E-state index in [1.165, 1.54) is 0 Å². The molecule has 1 saturated heterocycles. The maximum Gasteiger partial charge on any atom is 0.231 e. The molecule has 0 unspecified atom stereocenters. The van der Waals surface area contributed by atoms with Crippen molar-refractivity contribution < 1.29 is 4.79 Å². The van der Waals surface area contributed by atoms with Crippen LogP contribution >= 0.6 is 11.6 Å². The molecule has 2 heterocycles. The van der Waals surface area contributed by atoms with E-state index in [0.29, 0.717) is 10.8 Å². The number of aromatic nitrogens is 1. The predicted molar refractivity (Wildman–Crippen MR) is 54.2 cm³/mol. The predicted octanol–water partition coefficient (Wildman–Crippen LogP) is 0.893. The third-order valence-electron chi connectivity index (χ3n) is 2.13. The third-order valence-corrected chi connectivity index (χ3v) is 2.36. The van der Waals surface area contributed by atoms with Crippen LogP contribution < -0.4 is 10.6 Å². The van der Waals surface area contributed by atoms with Gasteiger partial charge in [0.1, 0.15) is 5.82 Å². The SMILES string of the molecule is O=C(Nc1cc(Cl)ccn1)C1CNC1. The minimum Gasteiger partial charge on any atom is -0.315 e. The first-order valence-corrected chi connectivity index (χ1v) is 4.76. The zero-order valence-electron chi connectivity index (χ0n) is 7.46. The number of amides is 1. The number of carbonyl (C=O) groups is 1. The van der Waals surface area contributed by atoms with E-state index in [2.05, 4.69) is 15.6 Å². The fourth-order valence-electron chi connectivity index (χ4n) is 1.18. The molecule has 2 rings (SSSR count). The van der Waals surface area contributed by atoms with Gasteiger partial charge < -0.3 is 10.6 Å². The van der Waals surface area contributed by atoms with Gasteiger partial charge in [-0.3, -0.25) is 4.79 Å². The first kappa shape index (κ1) is 9.43. The average Bonchev–Trinajstić information content (AvgIpc) is 1.99. The van der Waals surface area contributed by atoms with Crippen LogP contribution in [0.2, 0.25) is 5.02 Å². The fourth-order valence-corrected chi connectivity index (χ4v) is 1.34. The number of carbonyl (C=O) groups excluding carboxylic acids is 1. The molecule has 1 aromatic rings. The van der Waals surface area contributed by atoms with Crippen LogP contribution in [0.15, 0.2) is 18.3 Å². The lowest BCUT2D eigenvalue weighted by molar-refractivity contribution is -0.121. The van der Waals surface area contributed by atoms with E-state index in [0.717, 1.165) is 13.1 Å². The monoisotopic (exact) mass is 211 g/mol. The first-order chi connectivity index (χ1) is 6.75. The molecule has 1 fully saturated rings. The van der Waals surface area contributed by atoms with Crippen LogP contribution in [0.3, 0.4) is 0 Å². The number of anilines is 1. The van der Waals surface area contributed by atoms with Gasteiger partial charge in [-0.1, -0.05) is 11.6 Å². The summed E-state index contributed by atoms with van der Waals surface area (Å²) in [5.41, 5.74) is 0. The van der Waals surface area contributed by atoms with Crippen LogP contribution in [-0.2, 0) is 4.79 Å². The van der Waals surface area contributed by atoms with E-state index < -0.39 is 0 Å². The number of hydrogen-bond acceptors (Lipinski definition) is 3. The van der Waals surface area contributed by atoms with Crippen LogP contribution in [0.25, 0.3) is 0 Å². The summed E-state index contributed by atoms with van der Waals surface area (Å²) in [5, 5.41) is 6.31. The van der Waals surface area contributed by atoms with Crippen LogP contribution in [0.5, 0.6) is 0 Å². The van der Waals surface area contributed by atoms with Gasteiger partial charge in [0, 0.05) is 24.3 Å². The van der Waals surface area contributed by atoms with Crippen molar-refractivity contribution in [2.45, 2.75) is 0 Å². The molecule has 14 heavy (non-hydrogen) atoms. The Kier molecular flexibility index (Phi) is 2.65. The molecule has 0 aliphatic carbocycles. The van der Waals surface area contributed by atoms with Gasteiger partial charge >= 0.3 is 0 Å². The molecule has 2 N–H and O–H groups in total. The molecule has 0 spiro atoms. The second kappa shape index (κ2) is 3.94. The minimum atomic E-state index is -0.00137. The van der Waals surface area contributed by atoms with E-state index in [1.54, 1.807) is 18.3 Å². The maximum absolute atomic E-state index is 11.5. The molecule has 4 nitrogen and oxygen atoms in total. The van der Waals surface area contributed by atoms with Gasteiger partial charge in [-0.05, 0) is 12.1 Å². The van der Waals surface area contributed by atoms with Gasteiger partial charge in [0.25, 0.3) is 0 Å². The summed E-state index contributed by atoms with van der Waals surface area (Å²) in [6.07, 6.45) is 1.57. The Balaban J connectivity index is 1.99. The van der Waals surface area contributed by atoms with Gasteiger partial charge in [-0.25, -0.2) is 4.98 Å². The Morgan fingerprint density at radius 1 is 1.64 bits per heavy atom. The van der Waals surface area contributed by atoms with Gasteiger partial charge in [0.05, 0.1) is 5.92 Å². The number of hydrogen-bond donors (Lipinski definition) is 2. The molecular formula is C9H10ClN3O. The third kappa shape index (κ3) is 2.02. The zero-order valence-corrected chi connectivity index (χ0v) is 8.21. The smallest absolute Gasteiger partial charge is 0.231 e. The number of pyridine rings is 1. The van der Waals surface area contributed by atoms with Crippen molar-refractivity contribution in [2.24, 2.45) is 5.92 Å². The Bertz CT molecular complexity index is 352. The lowest BCUT2D eigenvalue weighted by Gasteiger charge is -2.25. The molecule has 1 aliphatic rings. The quantitative estimate of drug-likeness (QED) is 0.764. The highest BCUT2D eigenvalue weighted by molar-refractivity contribution is 6.30. The summed E-state index contributed by atoms with van der Waals surface area (Å²) in [5.74, 6) is 0.573. The molecule has 1 amide bonds. The second-order valence-electron chi connectivity index (χ2n) is 3.20. The van der Waals surface area contributed by atoms with Gasteiger partial charge in [0.2, 0.25) is 5.91 Å². The Morgan fingerprint density at radius 3 is 3.00 bits per heavy atom. The highest BCUT2D eigenvalue weighted by Crippen LogP contribution is 2.13. The standard InChI is InChI=1S/C9H10ClN3O/c10-7-1-2-12-8(3-7)13-9(14)6-4-11-5-6/h1-3,6,11H,4-5H2,(H,12,13,14). The number of nitrogens with zero attached hydrogens (tertiary/aromatic N) is 1. The van der Waals surface area contributed by atoms with Crippen LogP contribution in [0.1, 0.15) is 0 Å². The van der Waals surface area contributed by atoms with Crippen LogP contribution in [0, 0.1) is 5.92 Å². The molecule has 0 saturated carbocycles. The first-order valence-electron chi connectivity index (χ1n) is 4.39. The van der Waals surface area contributed by atoms with Crippen molar-refractivity contribution >= 4 is 23.3 Å². The minimum absolute atomic E-state index is 0.00137. The normalized spacial score (nSPS) is 16.1. The van der Waals surface area contributed by atoms with Gasteiger partial charge in [-0.2, -0.15) is 0 Å². The topological polar surface area (TPSA) is 54.0 Å². The van der Waals surface area contributed by atoms with E-state index >= 15 is 0 Å². The van der Waals surface area contributed by atoms with E-state index in [-0.39, 0.29) is 11.8 Å². The summed E-state index contributed by atoms with van der Waals surface area (Å²) in [7, 11) is 0. The number of halogens is 1. The summed E-state index contributed by atoms with van der Waals surface area (Å²) in [4.78, 5) is 15.5. The Morgan fingerprint density at radius 2 is 2.43 bits per heavy atom. The van der Waals surface area contributed by atoms with Crippen molar-refractivity contribution in [1.29, 1.82) is 0 Å². The average molecular weight is 212 g/mol. The molecule has 0 atom stereocenters. The van der Waals surface area contributed by atoms with Crippen molar-refractivity contribution in [3.63, 3.8) is 0 Å². The molecule has 0 radical (unpaired) electrons. The molecule has 1 aliphatic heterocycles. The number of rotatable bonds is 2. The molecule has 0 aromatic carbocycles. The van der Waals surface area contributed by atoms with Crippen LogP contribution in [0.4, 0.5) is 5.82 Å². The lowest BCUT2D eigenvalue weighted by Crippen LogP contribution is -2.48.